The number of benzene rings is 1. The van der Waals surface area contributed by atoms with E-state index in [2.05, 4.69) is 4.74 Å². The zero-order valence-corrected chi connectivity index (χ0v) is 10.4. The van der Waals surface area contributed by atoms with Crippen molar-refractivity contribution in [1.82, 2.24) is 0 Å². The molecule has 1 aromatic rings. The second-order valence-corrected chi connectivity index (χ2v) is 3.53. The highest BCUT2D eigenvalue weighted by Crippen LogP contribution is 2.22. The molecule has 0 saturated heterocycles. The highest BCUT2D eigenvalue weighted by atomic mass is 16.5. The Bertz CT molecular complexity index is 485. The van der Waals surface area contributed by atoms with E-state index in [0.29, 0.717) is 16.9 Å². The van der Waals surface area contributed by atoms with E-state index in [0.717, 1.165) is 7.11 Å². The summed E-state index contributed by atoms with van der Waals surface area (Å²) in [4.78, 5) is 22.5. The minimum atomic E-state index is -1.31. The third-order valence-corrected chi connectivity index (χ3v) is 2.50. The molecule has 0 fully saturated rings. The van der Waals surface area contributed by atoms with Gasteiger partial charge in [-0.1, -0.05) is 12.1 Å². The van der Waals surface area contributed by atoms with Gasteiger partial charge in [0, 0.05) is 0 Å². The molecule has 0 unspecified atom stereocenters. The first-order valence-electron chi connectivity index (χ1n) is 5.18. The highest BCUT2D eigenvalue weighted by molar-refractivity contribution is 6.19. The molecule has 5 nitrogen and oxygen atoms in total. The van der Waals surface area contributed by atoms with Crippen LogP contribution < -0.4 is 4.74 Å². The molecule has 0 amide bonds. The number of esters is 1. The summed E-state index contributed by atoms with van der Waals surface area (Å²) in [6, 6.07) is 6.74. The molecule has 0 spiro atoms. The number of carbonyl (C=O) groups is 2. The van der Waals surface area contributed by atoms with E-state index < -0.39 is 11.9 Å². The normalized spacial score (nSPS) is 11.5. The van der Waals surface area contributed by atoms with Gasteiger partial charge in [0.2, 0.25) is 0 Å². The van der Waals surface area contributed by atoms with Crippen molar-refractivity contribution >= 4 is 17.5 Å². The molecule has 96 valence electrons. The van der Waals surface area contributed by atoms with Crippen LogP contribution in [0.2, 0.25) is 0 Å². The van der Waals surface area contributed by atoms with E-state index in [4.69, 9.17) is 9.84 Å². The van der Waals surface area contributed by atoms with E-state index >= 15 is 0 Å². The summed E-state index contributed by atoms with van der Waals surface area (Å²) in [5.41, 5.74) is 0.596. The van der Waals surface area contributed by atoms with E-state index in [9.17, 15) is 9.59 Å². The SMILES string of the molecule is COC(=O)C(C(=O)O)=C(C)c1ccc(OC)cc1. The van der Waals surface area contributed by atoms with Gasteiger partial charge >= 0.3 is 11.9 Å². The van der Waals surface area contributed by atoms with Crippen LogP contribution in [0.1, 0.15) is 12.5 Å². The van der Waals surface area contributed by atoms with Crippen LogP contribution in [0.15, 0.2) is 29.8 Å². The Hall–Kier alpha value is -2.30. The molecular weight excluding hydrogens is 236 g/mol. The first-order valence-corrected chi connectivity index (χ1v) is 5.18. The number of rotatable bonds is 4. The summed E-state index contributed by atoms with van der Waals surface area (Å²) in [7, 11) is 2.68. The van der Waals surface area contributed by atoms with Gasteiger partial charge in [0.05, 0.1) is 14.2 Å². The van der Waals surface area contributed by atoms with Crippen molar-refractivity contribution in [3.63, 3.8) is 0 Å². The number of carboxylic acids is 1. The number of ether oxygens (including phenoxy) is 2. The van der Waals surface area contributed by atoms with E-state index in [1.54, 1.807) is 31.2 Å². The number of aliphatic carboxylic acids is 1. The van der Waals surface area contributed by atoms with Gasteiger partial charge in [-0.05, 0) is 30.2 Å². The second-order valence-electron chi connectivity index (χ2n) is 3.53. The summed E-state index contributed by atoms with van der Waals surface area (Å²) in [6.45, 7) is 1.56. The summed E-state index contributed by atoms with van der Waals surface area (Å²) in [5, 5.41) is 9.02. The minimum absolute atomic E-state index is 0.344. The quantitative estimate of drug-likeness (QED) is 0.381. The van der Waals surface area contributed by atoms with Gasteiger partial charge in [-0.3, -0.25) is 0 Å². The fourth-order valence-corrected chi connectivity index (χ4v) is 1.49. The number of carboxylic acid groups (broad SMARTS) is 1. The minimum Gasteiger partial charge on any atom is -0.497 e. The van der Waals surface area contributed by atoms with Gasteiger partial charge in [0.1, 0.15) is 11.3 Å². The van der Waals surface area contributed by atoms with E-state index in [-0.39, 0.29) is 5.57 Å². The monoisotopic (exact) mass is 250 g/mol. The molecule has 0 aliphatic carbocycles. The van der Waals surface area contributed by atoms with Crippen molar-refractivity contribution in [1.29, 1.82) is 0 Å². The fraction of sp³-hybridized carbons (Fsp3) is 0.231. The van der Waals surface area contributed by atoms with Crippen molar-refractivity contribution in [2.24, 2.45) is 0 Å². The lowest BCUT2D eigenvalue weighted by molar-refractivity contribution is -0.142. The van der Waals surface area contributed by atoms with E-state index in [1.807, 2.05) is 0 Å². The highest BCUT2D eigenvalue weighted by Gasteiger charge is 2.21. The fourth-order valence-electron chi connectivity index (χ4n) is 1.49. The molecule has 0 aliphatic heterocycles. The van der Waals surface area contributed by atoms with Gasteiger partial charge in [0.25, 0.3) is 0 Å². The lowest BCUT2D eigenvalue weighted by atomic mass is 10.0. The molecule has 0 bridgehead atoms. The topological polar surface area (TPSA) is 72.8 Å². The summed E-state index contributed by atoms with van der Waals surface area (Å²) in [6.07, 6.45) is 0. The molecule has 0 saturated carbocycles. The lowest BCUT2D eigenvalue weighted by Gasteiger charge is -2.07. The predicted molar refractivity (Wildman–Crippen MR) is 65.2 cm³/mol. The molecule has 0 aliphatic rings. The Morgan fingerprint density at radius 1 is 1.11 bits per heavy atom. The Morgan fingerprint density at radius 3 is 2.06 bits per heavy atom. The Balaban J connectivity index is 3.24. The second kappa shape index (κ2) is 5.86. The van der Waals surface area contributed by atoms with Crippen molar-refractivity contribution in [3.05, 3.63) is 35.4 Å². The maximum atomic E-state index is 11.4. The average molecular weight is 250 g/mol. The van der Waals surface area contributed by atoms with Gasteiger partial charge in [-0.25, -0.2) is 9.59 Å². The van der Waals surface area contributed by atoms with Crippen molar-refractivity contribution in [2.75, 3.05) is 14.2 Å². The van der Waals surface area contributed by atoms with Crippen molar-refractivity contribution in [3.8, 4) is 5.75 Å². The first-order chi connectivity index (χ1) is 8.51. The molecule has 1 rings (SSSR count). The Morgan fingerprint density at radius 2 is 1.67 bits per heavy atom. The molecule has 18 heavy (non-hydrogen) atoms. The zero-order chi connectivity index (χ0) is 13.7. The molecule has 0 aromatic heterocycles. The maximum Gasteiger partial charge on any atom is 0.345 e. The Labute approximate surface area is 105 Å². The first kappa shape index (κ1) is 13.8. The smallest absolute Gasteiger partial charge is 0.345 e. The molecule has 0 atom stereocenters. The number of methoxy groups -OCH3 is 2. The van der Waals surface area contributed by atoms with Crippen LogP contribution in [0.25, 0.3) is 5.57 Å². The Kier molecular flexibility index (Phi) is 4.48. The summed E-state index contributed by atoms with van der Waals surface area (Å²) < 4.78 is 9.46. The van der Waals surface area contributed by atoms with Crippen LogP contribution in [0.3, 0.4) is 0 Å². The average Bonchev–Trinajstić information content (AvgIpc) is 2.38. The zero-order valence-electron chi connectivity index (χ0n) is 10.4. The third kappa shape index (κ3) is 2.88. The van der Waals surface area contributed by atoms with E-state index in [1.165, 1.54) is 7.11 Å². The van der Waals surface area contributed by atoms with Crippen LogP contribution in [0.5, 0.6) is 5.75 Å². The van der Waals surface area contributed by atoms with Crippen LogP contribution >= 0.6 is 0 Å². The van der Waals surface area contributed by atoms with Crippen molar-refractivity contribution in [2.45, 2.75) is 6.92 Å². The van der Waals surface area contributed by atoms with Gasteiger partial charge in [-0.2, -0.15) is 0 Å². The lowest BCUT2D eigenvalue weighted by Crippen LogP contribution is -2.15. The molecule has 0 heterocycles. The van der Waals surface area contributed by atoms with Gasteiger partial charge < -0.3 is 14.6 Å². The molecule has 0 radical (unpaired) electrons. The predicted octanol–water partition coefficient (Wildman–Crippen LogP) is 1.73. The van der Waals surface area contributed by atoms with Crippen LogP contribution in [-0.2, 0) is 14.3 Å². The largest absolute Gasteiger partial charge is 0.497 e. The van der Waals surface area contributed by atoms with Crippen molar-refractivity contribution < 1.29 is 24.2 Å². The van der Waals surface area contributed by atoms with Crippen LogP contribution in [-0.4, -0.2) is 31.3 Å². The van der Waals surface area contributed by atoms with Gasteiger partial charge in [0.15, 0.2) is 0 Å². The summed E-state index contributed by atoms with van der Waals surface area (Å²) in [5.74, 6) is -1.52. The molecule has 1 N–H and O–H groups in total. The molecule has 1 aromatic carbocycles. The van der Waals surface area contributed by atoms with Crippen LogP contribution in [0.4, 0.5) is 0 Å². The number of hydrogen-bond acceptors (Lipinski definition) is 4. The van der Waals surface area contributed by atoms with Crippen LogP contribution in [0, 0.1) is 0 Å². The third-order valence-electron chi connectivity index (χ3n) is 2.50. The molecule has 5 heteroatoms. The number of allylic oxidation sites excluding steroid dienone is 1. The standard InChI is InChI=1S/C13H14O5/c1-8(11(12(14)15)13(16)18-3)9-4-6-10(17-2)7-5-9/h4-7H,1-3H3,(H,14,15). The number of hydrogen-bond donors (Lipinski definition) is 1. The number of carbonyl (C=O) groups excluding carboxylic acids is 1. The summed E-state index contributed by atoms with van der Waals surface area (Å²) >= 11 is 0. The van der Waals surface area contributed by atoms with Gasteiger partial charge in [-0.15, -0.1) is 0 Å². The maximum absolute atomic E-state index is 11.4. The molecular formula is C13H14O5.